The summed E-state index contributed by atoms with van der Waals surface area (Å²) in [4.78, 5) is 0. The van der Waals surface area contributed by atoms with E-state index in [-0.39, 0.29) is 49.7 Å². The van der Waals surface area contributed by atoms with E-state index in [0.717, 1.165) is 34.9 Å². The second-order valence-electron chi connectivity index (χ2n) is 37.2. The monoisotopic (exact) mass is 2170 g/mol. The van der Waals surface area contributed by atoms with Crippen molar-refractivity contribution >= 4 is 70.8 Å². The van der Waals surface area contributed by atoms with Gasteiger partial charge in [0.2, 0.25) is 0 Å². The Labute approximate surface area is 893 Å². The Kier molecular flexibility index (Phi) is 27.6. The molecule has 0 saturated heterocycles. The fourth-order valence-corrected chi connectivity index (χ4v) is 22.0. The molecule has 145 heavy (non-hydrogen) atoms. The number of allylic oxidation sites excluding steroid dienone is 2. The first-order valence-electron chi connectivity index (χ1n) is 49.5. The van der Waals surface area contributed by atoms with E-state index in [0.29, 0.717) is 0 Å². The summed E-state index contributed by atoms with van der Waals surface area (Å²) in [6, 6.07) is 195. The van der Waals surface area contributed by atoms with Crippen LogP contribution in [0, 0.1) is 31.1 Å². The summed E-state index contributed by atoms with van der Waals surface area (Å²) in [5, 5.41) is 8.77. The minimum Gasteiger partial charge on any atom is -0.316 e. The average Bonchev–Trinajstić information content (AvgIpc) is 1.59. The van der Waals surface area contributed by atoms with E-state index in [1.807, 2.05) is 0 Å². The topological polar surface area (TPSA) is 4.93 Å². The Bertz CT molecular complexity index is 8830. The minimum absolute atomic E-state index is 0. The molecule has 1 nitrogen and oxygen atoms in total. The number of aromatic nitrogens is 1. The van der Waals surface area contributed by atoms with E-state index >= 15 is 0 Å². The molecule has 0 N–H and O–H groups in total. The average molecular weight is 2180 g/mol. The van der Waals surface area contributed by atoms with Crippen LogP contribution in [0.15, 0.2) is 557 Å². The molecule has 2 aliphatic carbocycles. The Balaban J connectivity index is 0.000000137. The van der Waals surface area contributed by atoms with Gasteiger partial charge < -0.3 is 4.57 Å². The number of fused-ring (bicyclic) bond motifs is 6. The number of hydrogen-bond donors (Lipinski definition) is 0. The Morgan fingerprint density at radius 3 is 0.979 bits per heavy atom. The van der Waals surface area contributed by atoms with Gasteiger partial charge in [0.15, 0.2) is 0 Å². The third-order valence-corrected chi connectivity index (χ3v) is 29.0. The Hall–Kier alpha value is -16.0. The third-order valence-electron chi connectivity index (χ3n) is 28.6. The summed E-state index contributed by atoms with van der Waals surface area (Å²) >= 11 is 3.74. The summed E-state index contributed by atoms with van der Waals surface area (Å²) in [6.45, 7) is 0. The maximum Gasteiger partial charge on any atom is 0.0535 e. The van der Waals surface area contributed by atoms with Crippen molar-refractivity contribution in [1.82, 2.24) is 4.57 Å². The van der Waals surface area contributed by atoms with Crippen molar-refractivity contribution in [1.29, 1.82) is 0 Å². The van der Waals surface area contributed by atoms with Crippen molar-refractivity contribution in [2.45, 2.75) is 19.3 Å². The maximum absolute atomic E-state index is 3.74. The van der Waals surface area contributed by atoms with Crippen molar-refractivity contribution in [3.8, 4) is 173 Å². The molecule has 23 aromatic carbocycles. The molecule has 683 valence electrons. The van der Waals surface area contributed by atoms with Crippen LogP contribution in [-0.2, 0) is 31.4 Å². The van der Waals surface area contributed by atoms with Gasteiger partial charge in [-0.05, 0) is 325 Å². The fourth-order valence-electron chi connectivity index (χ4n) is 21.5. The zero-order valence-corrected chi connectivity index (χ0v) is 87.2. The van der Waals surface area contributed by atoms with Gasteiger partial charge in [0.25, 0.3) is 0 Å². The summed E-state index contributed by atoms with van der Waals surface area (Å²) in [7, 11) is 0. The molecule has 0 fully saturated rings. The van der Waals surface area contributed by atoms with Gasteiger partial charge in [0.1, 0.15) is 0 Å². The molecule has 2 aliphatic rings. The first-order chi connectivity index (χ1) is 70.8. The minimum atomic E-state index is 0. The van der Waals surface area contributed by atoms with E-state index in [2.05, 4.69) is 579 Å². The number of hydrogen-bond acceptors (Lipinski definition) is 0. The number of rotatable bonds is 17. The molecule has 0 saturated carbocycles. The molecule has 0 spiro atoms. The Morgan fingerprint density at radius 1 is 0.207 bits per heavy atom. The van der Waals surface area contributed by atoms with Gasteiger partial charge in [-0.3, -0.25) is 0 Å². The van der Waals surface area contributed by atoms with Crippen LogP contribution in [0.1, 0.15) is 34.2 Å². The number of nitrogens with zero attached hydrogens (tertiary/aromatic N) is 1. The van der Waals surface area contributed by atoms with Gasteiger partial charge in [0.05, 0.1) is 5.52 Å². The molecule has 0 bridgehead atoms. The van der Waals surface area contributed by atoms with E-state index < -0.39 is 0 Å². The second kappa shape index (κ2) is 42.6. The molecule has 4 heteroatoms. The molecule has 1 heterocycles. The van der Waals surface area contributed by atoms with E-state index in [1.54, 1.807) is 0 Å². The van der Waals surface area contributed by atoms with Crippen molar-refractivity contribution in [2.24, 2.45) is 0 Å². The molecule has 0 atom stereocenters. The number of benzene rings is 23. The van der Waals surface area contributed by atoms with E-state index in [1.165, 1.54) is 238 Å². The first kappa shape index (κ1) is 93.9. The molecule has 1 radical (unpaired) electrons. The maximum atomic E-state index is 3.74. The van der Waals surface area contributed by atoms with Gasteiger partial charge in [-0.2, -0.15) is 0 Å². The summed E-state index contributed by atoms with van der Waals surface area (Å²) < 4.78 is 3.55. The van der Waals surface area contributed by atoms with E-state index in [4.69, 9.17) is 0 Å². The first-order valence-corrected chi connectivity index (χ1v) is 50.3. The van der Waals surface area contributed by atoms with Gasteiger partial charge in [-0.1, -0.05) is 489 Å². The van der Waals surface area contributed by atoms with Crippen molar-refractivity contribution in [3.63, 3.8) is 0 Å². The third kappa shape index (κ3) is 19.5. The zero-order valence-electron chi connectivity index (χ0n) is 80.0. The van der Waals surface area contributed by atoms with Crippen LogP contribution < -0.4 is 0 Å². The smallest absolute Gasteiger partial charge is 0.0535 e. The summed E-state index contributed by atoms with van der Waals surface area (Å²) in [5.41, 5.74) is 46.9. The number of halogens is 1. The van der Waals surface area contributed by atoms with Crippen LogP contribution >= 0.6 is 15.9 Å². The fraction of sp³-hybridized carbons (Fsp3) is 0.0213. The van der Waals surface area contributed by atoms with Crippen LogP contribution in [0.25, 0.3) is 227 Å². The van der Waals surface area contributed by atoms with Gasteiger partial charge >= 0.3 is 0 Å². The summed E-state index contributed by atoms with van der Waals surface area (Å²) in [5.74, 6) is 0. The zero-order chi connectivity index (χ0) is 95.3. The summed E-state index contributed by atoms with van der Waals surface area (Å²) in [6.07, 6.45) is 12.4. The molecular weight excluding hydrogens is 2080 g/mol. The second-order valence-corrected chi connectivity index (χ2v) is 38.1. The quantitative estimate of drug-likeness (QED) is 0.0856. The van der Waals surface area contributed by atoms with Gasteiger partial charge in [-0.15, -0.1) is 0 Å². The predicted molar refractivity (Wildman–Crippen MR) is 612 cm³/mol. The van der Waals surface area contributed by atoms with Crippen LogP contribution in [0.5, 0.6) is 0 Å². The molecule has 1 aromatic heterocycles. The Morgan fingerprint density at radius 2 is 0.538 bits per heavy atom. The molecule has 26 rings (SSSR count). The molecular formula is C141H98BrNUV. The normalized spacial score (nSPS) is 11.7. The van der Waals surface area contributed by atoms with Crippen molar-refractivity contribution in [2.75, 3.05) is 0 Å². The van der Waals surface area contributed by atoms with E-state index in [9.17, 15) is 0 Å². The largest absolute Gasteiger partial charge is 0.316 e. The van der Waals surface area contributed by atoms with Gasteiger partial charge in [-0.25, -0.2) is 0 Å². The van der Waals surface area contributed by atoms with Crippen LogP contribution in [0.4, 0.5) is 0 Å². The van der Waals surface area contributed by atoms with Crippen molar-refractivity contribution < 1.29 is 49.7 Å². The predicted octanol–water partition coefficient (Wildman–Crippen LogP) is 39.2. The van der Waals surface area contributed by atoms with Crippen molar-refractivity contribution in [3.05, 3.63) is 584 Å². The van der Waals surface area contributed by atoms with Crippen LogP contribution in [0.3, 0.4) is 0 Å². The standard InChI is InChI=1S/C70H49N.C45H32.C26H17Br.U.V/c1-5-19-48(20-6-1)54-35-38-64(66(44-54)52-23-9-3-10-24-52)56-37-40-70-68(46-56)69(65-39-36-55(49-21-7-2-8-22-49)45-67(65)53-25-11-4-12-26-53)47-71(70)59-42-57(62-33-17-29-50-27-13-15-31-60(50)62)41-58(43-59)63-34-18-30-51-28-14-16-32-61(51)63;1-5-13-32(14-6-1)37-24-26-40(43(29-37)34-17-9-3-10-18-34)39-22-21-36-23-27-41(45(36)31-39)42-28-25-38(33-15-7-2-8-16-33)30-44(42)35-19-11-4-12-20-35;27-22-16-20(25-13-5-9-18-7-1-3-11-23(18)25)15-21(17-22)26-14-6-10-19-8-2-4-12-24(19)26;;/h1-15,17-31,33-47H,16,32H2;1-22,24-31H,23H2;1-17H;;. The van der Waals surface area contributed by atoms with Gasteiger partial charge in [0, 0.05) is 77.0 Å². The molecule has 0 aliphatic heterocycles. The molecule has 24 aromatic rings. The van der Waals surface area contributed by atoms with Crippen LogP contribution in [0.2, 0.25) is 0 Å². The molecule has 0 unspecified atom stereocenters. The SMILES string of the molecule is Brc1cc(-c2cccc3ccccc23)cc(-c2cccc3ccccc23)c1.C1=C(c2ccc(-c3ccccc3)cc2-c2ccccc2)c2cc(-c3ccc(-c4ccccc4)cc3-c3ccccc3)ccc2C1.C1=Cc2cccc(-c3cc(-c4cccc5ccccc45)cc(-n4cc(-c5ccc(-c6ccccc6)cc5-c5ccccc5)c5cc(-c6ccc(-c7ccccc7)cc6-c6ccccc6)ccc54)c3)c2CC1.[U].[V]. The molecule has 0 amide bonds. The van der Waals surface area contributed by atoms with Crippen LogP contribution in [-0.4, -0.2) is 4.57 Å².